The van der Waals surface area contributed by atoms with E-state index in [9.17, 15) is 0 Å². The number of nitrogens with zero attached hydrogens (tertiary/aromatic N) is 3. The largest absolute Gasteiger partial charge is 0.399 e. The second kappa shape index (κ2) is 4.68. The first kappa shape index (κ1) is 12.2. The van der Waals surface area contributed by atoms with E-state index in [0.717, 1.165) is 24.4 Å². The zero-order valence-electron chi connectivity index (χ0n) is 11.3. The van der Waals surface area contributed by atoms with Gasteiger partial charge in [-0.3, -0.25) is 0 Å². The molecule has 19 heavy (non-hydrogen) atoms. The van der Waals surface area contributed by atoms with Gasteiger partial charge in [-0.2, -0.15) is 0 Å². The van der Waals surface area contributed by atoms with Crippen molar-refractivity contribution in [3.05, 3.63) is 42.0 Å². The first-order valence-corrected chi connectivity index (χ1v) is 6.93. The zero-order chi connectivity index (χ0) is 13.3. The molecule has 1 saturated carbocycles. The van der Waals surface area contributed by atoms with E-state index in [1.165, 1.54) is 24.8 Å². The predicted octanol–water partition coefficient (Wildman–Crippen LogP) is 2.65. The highest BCUT2D eigenvalue weighted by molar-refractivity contribution is 5.46. The standard InChI is InChI=1S/C15H20N4/c1-19-11-17-18-14(19)15(8-3-2-4-9-15)12-6-5-7-13(16)10-12/h5-7,10-11H,2-4,8-9,16H2,1H3. The predicted molar refractivity (Wildman–Crippen MR) is 75.7 cm³/mol. The Bertz CT molecular complexity index is 567. The maximum Gasteiger partial charge on any atom is 0.143 e. The van der Waals surface area contributed by atoms with Gasteiger partial charge in [0.05, 0.1) is 5.41 Å². The lowest BCUT2D eigenvalue weighted by Gasteiger charge is -2.36. The molecular weight excluding hydrogens is 236 g/mol. The summed E-state index contributed by atoms with van der Waals surface area (Å²) in [4.78, 5) is 0. The molecule has 0 amide bonds. The van der Waals surface area contributed by atoms with E-state index in [-0.39, 0.29) is 5.41 Å². The number of hydrogen-bond acceptors (Lipinski definition) is 3. The Balaban J connectivity index is 2.14. The number of benzene rings is 1. The Morgan fingerprint density at radius 3 is 2.63 bits per heavy atom. The van der Waals surface area contributed by atoms with E-state index in [2.05, 4.69) is 26.9 Å². The molecule has 0 saturated heterocycles. The van der Waals surface area contributed by atoms with Gasteiger partial charge < -0.3 is 10.3 Å². The van der Waals surface area contributed by atoms with Crippen molar-refractivity contribution < 1.29 is 0 Å². The highest BCUT2D eigenvalue weighted by Crippen LogP contribution is 2.44. The van der Waals surface area contributed by atoms with Gasteiger partial charge in [-0.1, -0.05) is 31.4 Å². The Morgan fingerprint density at radius 2 is 2.00 bits per heavy atom. The van der Waals surface area contributed by atoms with E-state index < -0.39 is 0 Å². The Labute approximate surface area is 113 Å². The van der Waals surface area contributed by atoms with Gasteiger partial charge in [-0.15, -0.1) is 10.2 Å². The second-order valence-corrected chi connectivity index (χ2v) is 5.53. The summed E-state index contributed by atoms with van der Waals surface area (Å²) < 4.78 is 2.05. The third-order valence-corrected chi connectivity index (χ3v) is 4.29. The normalized spacial score (nSPS) is 18.4. The number of anilines is 1. The molecule has 100 valence electrons. The Kier molecular flexibility index (Phi) is 3.01. The maximum absolute atomic E-state index is 5.97. The van der Waals surface area contributed by atoms with E-state index in [1.54, 1.807) is 6.33 Å². The van der Waals surface area contributed by atoms with Crippen LogP contribution in [0.2, 0.25) is 0 Å². The van der Waals surface area contributed by atoms with Crippen molar-refractivity contribution in [1.82, 2.24) is 14.8 Å². The van der Waals surface area contributed by atoms with Crippen LogP contribution in [0.5, 0.6) is 0 Å². The molecule has 0 aliphatic heterocycles. The number of hydrogen-bond donors (Lipinski definition) is 1. The van der Waals surface area contributed by atoms with Crippen LogP contribution < -0.4 is 5.73 Å². The number of rotatable bonds is 2. The number of nitrogen functional groups attached to an aromatic ring is 1. The van der Waals surface area contributed by atoms with Crippen molar-refractivity contribution in [1.29, 1.82) is 0 Å². The lowest BCUT2D eigenvalue weighted by atomic mass is 9.68. The minimum atomic E-state index is -0.0150. The molecule has 0 bridgehead atoms. The summed E-state index contributed by atoms with van der Waals surface area (Å²) in [6, 6.07) is 8.25. The summed E-state index contributed by atoms with van der Waals surface area (Å²) in [5.41, 5.74) is 8.06. The van der Waals surface area contributed by atoms with Gasteiger partial charge in [0.1, 0.15) is 12.2 Å². The molecule has 1 aliphatic rings. The van der Waals surface area contributed by atoms with Gasteiger partial charge in [0.2, 0.25) is 0 Å². The fraction of sp³-hybridized carbons (Fsp3) is 0.467. The maximum atomic E-state index is 5.97. The molecule has 0 unspecified atom stereocenters. The van der Waals surface area contributed by atoms with Crippen molar-refractivity contribution in [3.63, 3.8) is 0 Å². The summed E-state index contributed by atoms with van der Waals surface area (Å²) in [7, 11) is 2.03. The van der Waals surface area contributed by atoms with Gasteiger partial charge >= 0.3 is 0 Å². The van der Waals surface area contributed by atoms with E-state index in [0.29, 0.717) is 0 Å². The Morgan fingerprint density at radius 1 is 1.21 bits per heavy atom. The lowest BCUT2D eigenvalue weighted by molar-refractivity contribution is 0.323. The molecule has 1 fully saturated rings. The molecule has 2 N–H and O–H groups in total. The fourth-order valence-electron chi connectivity index (χ4n) is 3.35. The molecule has 0 radical (unpaired) electrons. The number of aryl methyl sites for hydroxylation is 1. The first-order valence-electron chi connectivity index (χ1n) is 6.93. The summed E-state index contributed by atoms with van der Waals surface area (Å²) in [6.45, 7) is 0. The molecule has 1 heterocycles. The van der Waals surface area contributed by atoms with Crippen LogP contribution in [-0.2, 0) is 12.5 Å². The molecule has 3 rings (SSSR count). The van der Waals surface area contributed by atoms with Crippen molar-refractivity contribution >= 4 is 5.69 Å². The third kappa shape index (κ3) is 2.01. The average Bonchev–Trinajstić information content (AvgIpc) is 2.86. The molecular formula is C15H20N4. The van der Waals surface area contributed by atoms with E-state index >= 15 is 0 Å². The minimum absolute atomic E-state index is 0.0150. The molecule has 1 aromatic heterocycles. The van der Waals surface area contributed by atoms with Crippen LogP contribution in [0.4, 0.5) is 5.69 Å². The summed E-state index contributed by atoms with van der Waals surface area (Å²) in [5, 5.41) is 8.46. The average molecular weight is 256 g/mol. The summed E-state index contributed by atoms with van der Waals surface area (Å²) in [5.74, 6) is 1.07. The van der Waals surface area contributed by atoms with Crippen molar-refractivity contribution in [3.8, 4) is 0 Å². The van der Waals surface area contributed by atoms with Crippen molar-refractivity contribution in [2.45, 2.75) is 37.5 Å². The lowest BCUT2D eigenvalue weighted by Crippen LogP contribution is -2.33. The summed E-state index contributed by atoms with van der Waals surface area (Å²) >= 11 is 0. The van der Waals surface area contributed by atoms with Crippen LogP contribution in [-0.4, -0.2) is 14.8 Å². The van der Waals surface area contributed by atoms with Crippen LogP contribution in [0.1, 0.15) is 43.5 Å². The monoisotopic (exact) mass is 256 g/mol. The molecule has 0 spiro atoms. The second-order valence-electron chi connectivity index (χ2n) is 5.53. The van der Waals surface area contributed by atoms with Gasteiger partial charge in [0.25, 0.3) is 0 Å². The van der Waals surface area contributed by atoms with Crippen LogP contribution in [0.25, 0.3) is 0 Å². The molecule has 4 nitrogen and oxygen atoms in total. The van der Waals surface area contributed by atoms with Crippen molar-refractivity contribution in [2.24, 2.45) is 7.05 Å². The first-order chi connectivity index (χ1) is 9.22. The van der Waals surface area contributed by atoms with E-state index in [1.807, 2.05) is 19.2 Å². The van der Waals surface area contributed by atoms with Gasteiger partial charge in [-0.25, -0.2) is 0 Å². The topological polar surface area (TPSA) is 56.7 Å². The zero-order valence-corrected chi connectivity index (χ0v) is 11.3. The quantitative estimate of drug-likeness (QED) is 0.840. The SMILES string of the molecule is Cn1cnnc1C1(c2cccc(N)c2)CCCCC1. The highest BCUT2D eigenvalue weighted by Gasteiger charge is 2.39. The molecule has 1 aliphatic carbocycles. The fourth-order valence-corrected chi connectivity index (χ4v) is 3.35. The molecule has 0 atom stereocenters. The number of aromatic nitrogens is 3. The number of nitrogens with two attached hydrogens (primary N) is 1. The van der Waals surface area contributed by atoms with Crippen molar-refractivity contribution in [2.75, 3.05) is 5.73 Å². The highest BCUT2D eigenvalue weighted by atomic mass is 15.3. The Hall–Kier alpha value is -1.84. The molecule has 1 aromatic carbocycles. The molecule has 4 heteroatoms. The minimum Gasteiger partial charge on any atom is -0.399 e. The van der Waals surface area contributed by atoms with Crippen LogP contribution in [0, 0.1) is 0 Å². The smallest absolute Gasteiger partial charge is 0.143 e. The van der Waals surface area contributed by atoms with Crippen LogP contribution in [0.15, 0.2) is 30.6 Å². The summed E-state index contributed by atoms with van der Waals surface area (Å²) in [6.07, 6.45) is 7.83. The van der Waals surface area contributed by atoms with E-state index in [4.69, 9.17) is 5.73 Å². The molecule has 2 aromatic rings. The van der Waals surface area contributed by atoms with Crippen LogP contribution in [0.3, 0.4) is 0 Å². The van der Waals surface area contributed by atoms with Gasteiger partial charge in [-0.05, 0) is 30.5 Å². The van der Waals surface area contributed by atoms with Gasteiger partial charge in [0, 0.05) is 12.7 Å². The van der Waals surface area contributed by atoms with Gasteiger partial charge in [0.15, 0.2) is 0 Å². The van der Waals surface area contributed by atoms with Crippen LogP contribution >= 0.6 is 0 Å². The third-order valence-electron chi connectivity index (χ3n) is 4.29.